The molecule has 0 saturated carbocycles. The second-order valence-corrected chi connectivity index (χ2v) is 6.36. The lowest BCUT2D eigenvalue weighted by Crippen LogP contribution is -2.00. The Balaban J connectivity index is 1.70. The van der Waals surface area contributed by atoms with Crippen molar-refractivity contribution in [3.05, 3.63) is 76.0 Å². The molecule has 0 aliphatic carbocycles. The van der Waals surface area contributed by atoms with E-state index in [0.29, 0.717) is 6.54 Å². The van der Waals surface area contributed by atoms with Crippen LogP contribution in [0.1, 0.15) is 16.9 Å². The molecular formula is C19H18BrNO. The zero-order chi connectivity index (χ0) is 15.5. The zero-order valence-corrected chi connectivity index (χ0v) is 14.3. The molecule has 2 aromatic carbocycles. The average molecular weight is 356 g/mol. The maximum atomic E-state index is 5.92. The van der Waals surface area contributed by atoms with Gasteiger partial charge in [0.1, 0.15) is 11.5 Å². The molecule has 0 bridgehead atoms. The highest BCUT2D eigenvalue weighted by molar-refractivity contribution is 9.10. The normalized spacial score (nSPS) is 10.7. The van der Waals surface area contributed by atoms with Crippen LogP contribution in [0.2, 0.25) is 0 Å². The van der Waals surface area contributed by atoms with Crippen molar-refractivity contribution in [1.29, 1.82) is 0 Å². The summed E-state index contributed by atoms with van der Waals surface area (Å²) in [6.45, 7) is 4.90. The van der Waals surface area contributed by atoms with Crippen molar-refractivity contribution in [2.24, 2.45) is 0 Å². The maximum Gasteiger partial charge on any atom is 0.134 e. The van der Waals surface area contributed by atoms with Crippen molar-refractivity contribution in [3.63, 3.8) is 0 Å². The first kappa shape index (κ1) is 14.9. The van der Waals surface area contributed by atoms with Crippen molar-refractivity contribution in [3.8, 4) is 11.3 Å². The summed E-state index contributed by atoms with van der Waals surface area (Å²) in [4.78, 5) is 0. The van der Waals surface area contributed by atoms with E-state index in [-0.39, 0.29) is 0 Å². The van der Waals surface area contributed by atoms with Crippen LogP contribution in [0.15, 0.2) is 63.5 Å². The van der Waals surface area contributed by atoms with Gasteiger partial charge in [0, 0.05) is 15.7 Å². The van der Waals surface area contributed by atoms with E-state index in [9.17, 15) is 0 Å². The van der Waals surface area contributed by atoms with E-state index in [2.05, 4.69) is 53.3 Å². The molecule has 3 heteroatoms. The van der Waals surface area contributed by atoms with Gasteiger partial charge < -0.3 is 9.73 Å². The standard InChI is InChI=1S/C19H18BrNO/c1-13-3-9-18(14(2)11-13)21-12-17-8-10-19(22-17)15-4-6-16(20)7-5-15/h3-11,21H,12H2,1-2H3. The van der Waals surface area contributed by atoms with Gasteiger partial charge in [-0.25, -0.2) is 0 Å². The van der Waals surface area contributed by atoms with Crippen LogP contribution in [0.3, 0.4) is 0 Å². The van der Waals surface area contributed by atoms with Gasteiger partial charge in [-0.2, -0.15) is 0 Å². The molecule has 2 nitrogen and oxygen atoms in total. The highest BCUT2D eigenvalue weighted by Gasteiger charge is 2.05. The summed E-state index contributed by atoms with van der Waals surface area (Å²) in [6, 6.07) is 18.6. The van der Waals surface area contributed by atoms with Crippen molar-refractivity contribution < 1.29 is 4.42 Å². The Morgan fingerprint density at radius 1 is 0.955 bits per heavy atom. The van der Waals surface area contributed by atoms with Gasteiger partial charge in [-0.3, -0.25) is 0 Å². The first-order chi connectivity index (χ1) is 10.6. The van der Waals surface area contributed by atoms with Crippen LogP contribution in [0.25, 0.3) is 11.3 Å². The minimum absolute atomic E-state index is 0.681. The minimum atomic E-state index is 0.681. The fourth-order valence-electron chi connectivity index (χ4n) is 2.44. The molecule has 1 aromatic heterocycles. The summed E-state index contributed by atoms with van der Waals surface area (Å²) in [5.41, 5.74) is 4.76. The van der Waals surface area contributed by atoms with Gasteiger partial charge in [0.05, 0.1) is 6.54 Å². The number of nitrogens with one attached hydrogen (secondary N) is 1. The van der Waals surface area contributed by atoms with Crippen LogP contribution in [-0.2, 0) is 6.54 Å². The highest BCUT2D eigenvalue weighted by atomic mass is 79.9. The average Bonchev–Trinajstić information content (AvgIpc) is 2.96. The molecule has 22 heavy (non-hydrogen) atoms. The summed E-state index contributed by atoms with van der Waals surface area (Å²) in [5, 5.41) is 3.43. The third-order valence-electron chi connectivity index (χ3n) is 3.63. The Kier molecular flexibility index (Phi) is 4.34. The number of aryl methyl sites for hydroxylation is 2. The van der Waals surface area contributed by atoms with Crippen LogP contribution < -0.4 is 5.32 Å². The molecule has 0 spiro atoms. The monoisotopic (exact) mass is 355 g/mol. The molecule has 112 valence electrons. The molecule has 0 unspecified atom stereocenters. The number of furan rings is 1. The maximum absolute atomic E-state index is 5.92. The van der Waals surface area contributed by atoms with Gasteiger partial charge in [0.25, 0.3) is 0 Å². The Hall–Kier alpha value is -2.00. The number of hydrogen-bond donors (Lipinski definition) is 1. The Morgan fingerprint density at radius 2 is 1.73 bits per heavy atom. The molecule has 0 saturated heterocycles. The van der Waals surface area contributed by atoms with Crippen LogP contribution >= 0.6 is 15.9 Å². The molecule has 0 aliphatic rings. The number of halogens is 1. The molecular weight excluding hydrogens is 338 g/mol. The lowest BCUT2D eigenvalue weighted by atomic mass is 10.1. The molecule has 0 amide bonds. The molecule has 0 atom stereocenters. The third-order valence-corrected chi connectivity index (χ3v) is 4.15. The topological polar surface area (TPSA) is 25.2 Å². The van der Waals surface area contributed by atoms with Gasteiger partial charge >= 0.3 is 0 Å². The van der Waals surface area contributed by atoms with E-state index in [4.69, 9.17) is 4.42 Å². The second kappa shape index (κ2) is 6.41. The summed E-state index contributed by atoms with van der Waals surface area (Å²) >= 11 is 3.45. The van der Waals surface area contributed by atoms with E-state index >= 15 is 0 Å². The molecule has 0 fully saturated rings. The fourth-order valence-corrected chi connectivity index (χ4v) is 2.70. The molecule has 0 aliphatic heterocycles. The van der Waals surface area contributed by atoms with Gasteiger partial charge in [-0.15, -0.1) is 0 Å². The largest absolute Gasteiger partial charge is 0.459 e. The van der Waals surface area contributed by atoms with Gasteiger partial charge in [0.2, 0.25) is 0 Å². The van der Waals surface area contributed by atoms with Crippen LogP contribution in [0.5, 0.6) is 0 Å². The summed E-state index contributed by atoms with van der Waals surface area (Å²) in [6.07, 6.45) is 0. The first-order valence-corrected chi connectivity index (χ1v) is 8.07. The predicted octanol–water partition coefficient (Wildman–Crippen LogP) is 5.94. The van der Waals surface area contributed by atoms with E-state index in [0.717, 1.165) is 27.2 Å². The number of hydrogen-bond acceptors (Lipinski definition) is 2. The minimum Gasteiger partial charge on any atom is -0.459 e. The lowest BCUT2D eigenvalue weighted by molar-refractivity contribution is 0.531. The molecule has 1 N–H and O–H groups in total. The lowest BCUT2D eigenvalue weighted by Gasteiger charge is -2.08. The van der Waals surface area contributed by atoms with Crippen LogP contribution in [-0.4, -0.2) is 0 Å². The Bertz CT molecular complexity index is 774. The molecule has 1 heterocycles. The van der Waals surface area contributed by atoms with Crippen molar-refractivity contribution in [1.82, 2.24) is 0 Å². The third kappa shape index (κ3) is 3.42. The van der Waals surface area contributed by atoms with Crippen molar-refractivity contribution >= 4 is 21.6 Å². The zero-order valence-electron chi connectivity index (χ0n) is 12.7. The summed E-state index contributed by atoms with van der Waals surface area (Å²) < 4.78 is 6.99. The van der Waals surface area contributed by atoms with E-state index in [1.165, 1.54) is 11.1 Å². The van der Waals surface area contributed by atoms with Gasteiger partial charge in [-0.1, -0.05) is 45.8 Å². The Labute approximate surface area is 139 Å². The first-order valence-electron chi connectivity index (χ1n) is 7.27. The smallest absolute Gasteiger partial charge is 0.134 e. The molecule has 0 radical (unpaired) electrons. The number of anilines is 1. The van der Waals surface area contributed by atoms with E-state index in [1.807, 2.05) is 36.4 Å². The second-order valence-electron chi connectivity index (χ2n) is 5.44. The number of benzene rings is 2. The SMILES string of the molecule is Cc1ccc(NCc2ccc(-c3ccc(Br)cc3)o2)c(C)c1. The quantitative estimate of drug-likeness (QED) is 0.626. The van der Waals surface area contributed by atoms with E-state index < -0.39 is 0 Å². The van der Waals surface area contributed by atoms with Crippen molar-refractivity contribution in [2.45, 2.75) is 20.4 Å². The summed E-state index contributed by atoms with van der Waals surface area (Å²) in [7, 11) is 0. The number of rotatable bonds is 4. The molecule has 3 rings (SSSR count). The fraction of sp³-hybridized carbons (Fsp3) is 0.158. The van der Waals surface area contributed by atoms with Gasteiger partial charge in [-0.05, 0) is 49.7 Å². The summed E-state index contributed by atoms with van der Waals surface area (Å²) in [5.74, 6) is 1.82. The Morgan fingerprint density at radius 3 is 2.45 bits per heavy atom. The molecule has 3 aromatic rings. The predicted molar refractivity (Wildman–Crippen MR) is 95.1 cm³/mol. The van der Waals surface area contributed by atoms with Crippen LogP contribution in [0, 0.1) is 13.8 Å². The van der Waals surface area contributed by atoms with Gasteiger partial charge in [0.15, 0.2) is 0 Å². The van der Waals surface area contributed by atoms with E-state index in [1.54, 1.807) is 0 Å². The highest BCUT2D eigenvalue weighted by Crippen LogP contribution is 2.25. The van der Waals surface area contributed by atoms with Crippen LogP contribution in [0.4, 0.5) is 5.69 Å². The van der Waals surface area contributed by atoms with Crippen molar-refractivity contribution in [2.75, 3.05) is 5.32 Å².